The van der Waals surface area contributed by atoms with Gasteiger partial charge in [-0.3, -0.25) is 0 Å². The highest BCUT2D eigenvalue weighted by Gasteiger charge is 2.33. The Bertz CT molecular complexity index is 377. The van der Waals surface area contributed by atoms with Gasteiger partial charge in [0.05, 0.1) is 12.1 Å². The van der Waals surface area contributed by atoms with Crippen LogP contribution in [0.2, 0.25) is 5.28 Å². The molecule has 0 spiro atoms. The van der Waals surface area contributed by atoms with Crippen LogP contribution in [0.4, 0.5) is 5.82 Å². The van der Waals surface area contributed by atoms with Crippen LogP contribution in [0.15, 0.2) is 6.20 Å². The van der Waals surface area contributed by atoms with Gasteiger partial charge >= 0.3 is 0 Å². The first kappa shape index (κ1) is 11.6. The first-order chi connectivity index (χ1) is 7.65. The van der Waals surface area contributed by atoms with Gasteiger partial charge < -0.3 is 10.4 Å². The molecule has 0 bridgehead atoms. The maximum Gasteiger partial charge on any atom is 0.224 e. The van der Waals surface area contributed by atoms with Crippen molar-refractivity contribution in [2.75, 3.05) is 11.9 Å². The number of aromatic nitrogens is 2. The van der Waals surface area contributed by atoms with Gasteiger partial charge in [0.25, 0.3) is 0 Å². The lowest BCUT2D eigenvalue weighted by Crippen LogP contribution is -2.39. The summed E-state index contributed by atoms with van der Waals surface area (Å²) in [5.41, 5.74) is 0.728. The second-order valence-corrected chi connectivity index (χ2v) is 4.78. The van der Waals surface area contributed by atoms with E-state index >= 15 is 0 Å². The quantitative estimate of drug-likeness (QED) is 0.797. The Kier molecular flexibility index (Phi) is 3.30. The van der Waals surface area contributed by atoms with Crippen molar-refractivity contribution in [2.24, 2.45) is 0 Å². The molecule has 88 valence electrons. The van der Waals surface area contributed by atoms with Crippen LogP contribution >= 0.6 is 11.6 Å². The molecule has 2 rings (SSSR count). The lowest BCUT2D eigenvalue weighted by atomic mass is 9.99. The molecule has 1 aliphatic carbocycles. The number of hydrogen-bond acceptors (Lipinski definition) is 4. The number of aliphatic hydroxyl groups excluding tert-OH is 1. The molecule has 0 unspecified atom stereocenters. The molecule has 0 aliphatic heterocycles. The van der Waals surface area contributed by atoms with Crippen molar-refractivity contribution < 1.29 is 5.11 Å². The molecule has 1 heterocycles. The average molecular weight is 242 g/mol. The Labute approximate surface area is 100 Å². The lowest BCUT2D eigenvalue weighted by Gasteiger charge is -2.29. The SMILES string of the molecule is Cc1cnc(Cl)nc1NC1(CO)CCCC1. The molecule has 2 N–H and O–H groups in total. The average Bonchev–Trinajstić information content (AvgIpc) is 2.73. The fourth-order valence-electron chi connectivity index (χ4n) is 2.17. The van der Waals surface area contributed by atoms with Gasteiger partial charge in [-0.1, -0.05) is 12.8 Å². The highest BCUT2D eigenvalue weighted by Crippen LogP contribution is 2.33. The summed E-state index contributed by atoms with van der Waals surface area (Å²) in [5.74, 6) is 0.732. The summed E-state index contributed by atoms with van der Waals surface area (Å²) < 4.78 is 0. The predicted molar refractivity (Wildman–Crippen MR) is 63.7 cm³/mol. The number of nitrogens with one attached hydrogen (secondary N) is 1. The van der Waals surface area contributed by atoms with Gasteiger partial charge in [-0.25, -0.2) is 9.97 Å². The van der Waals surface area contributed by atoms with E-state index < -0.39 is 0 Å². The zero-order valence-corrected chi connectivity index (χ0v) is 10.1. The summed E-state index contributed by atoms with van der Waals surface area (Å²) >= 11 is 5.77. The van der Waals surface area contributed by atoms with Crippen LogP contribution in [0.25, 0.3) is 0 Å². The summed E-state index contributed by atoms with van der Waals surface area (Å²) in [5, 5.41) is 13.1. The van der Waals surface area contributed by atoms with E-state index in [1.165, 1.54) is 0 Å². The Balaban J connectivity index is 2.21. The van der Waals surface area contributed by atoms with Gasteiger partial charge in [-0.2, -0.15) is 0 Å². The third-order valence-corrected chi connectivity index (χ3v) is 3.37. The maximum absolute atomic E-state index is 9.50. The molecule has 1 aliphatic rings. The molecule has 0 atom stereocenters. The Morgan fingerprint density at radius 3 is 2.81 bits per heavy atom. The number of nitrogens with zero attached hydrogens (tertiary/aromatic N) is 2. The minimum atomic E-state index is -0.220. The summed E-state index contributed by atoms with van der Waals surface area (Å²) in [6.07, 6.45) is 5.93. The minimum absolute atomic E-state index is 0.133. The lowest BCUT2D eigenvalue weighted by molar-refractivity contribution is 0.213. The minimum Gasteiger partial charge on any atom is -0.394 e. The van der Waals surface area contributed by atoms with Crippen LogP contribution in [0.5, 0.6) is 0 Å². The molecule has 16 heavy (non-hydrogen) atoms. The maximum atomic E-state index is 9.50. The molecular formula is C11H16ClN3O. The van der Waals surface area contributed by atoms with Crippen molar-refractivity contribution >= 4 is 17.4 Å². The van der Waals surface area contributed by atoms with Gasteiger partial charge in [-0.15, -0.1) is 0 Å². The van der Waals surface area contributed by atoms with Crippen molar-refractivity contribution in [3.63, 3.8) is 0 Å². The second kappa shape index (κ2) is 4.55. The number of halogens is 1. The first-order valence-corrected chi connectivity index (χ1v) is 5.91. The summed E-state index contributed by atoms with van der Waals surface area (Å²) in [6, 6.07) is 0. The Morgan fingerprint density at radius 1 is 1.50 bits per heavy atom. The van der Waals surface area contributed by atoms with E-state index in [1.54, 1.807) is 6.20 Å². The van der Waals surface area contributed by atoms with E-state index in [0.29, 0.717) is 0 Å². The molecule has 1 aromatic heterocycles. The molecule has 1 aromatic rings. The normalized spacial score (nSPS) is 18.7. The Morgan fingerprint density at radius 2 is 2.19 bits per heavy atom. The van der Waals surface area contributed by atoms with Gasteiger partial charge in [0, 0.05) is 11.8 Å². The van der Waals surface area contributed by atoms with Crippen LogP contribution in [0, 0.1) is 6.92 Å². The van der Waals surface area contributed by atoms with Gasteiger partial charge in [0.1, 0.15) is 5.82 Å². The zero-order valence-electron chi connectivity index (χ0n) is 9.33. The highest BCUT2D eigenvalue weighted by molar-refractivity contribution is 6.28. The van der Waals surface area contributed by atoms with E-state index in [0.717, 1.165) is 37.1 Å². The molecule has 1 saturated carbocycles. The number of aliphatic hydroxyl groups is 1. The molecule has 5 heteroatoms. The fourth-order valence-corrected chi connectivity index (χ4v) is 2.31. The number of aryl methyl sites for hydroxylation is 1. The zero-order chi connectivity index (χ0) is 11.6. The molecular weight excluding hydrogens is 226 g/mol. The standard InChI is InChI=1S/C11H16ClN3O/c1-8-6-13-10(12)14-9(8)15-11(7-16)4-2-3-5-11/h6,16H,2-5,7H2,1H3,(H,13,14,15). The van der Waals surface area contributed by atoms with Crippen molar-refractivity contribution in [1.29, 1.82) is 0 Å². The largest absolute Gasteiger partial charge is 0.394 e. The van der Waals surface area contributed by atoms with Crippen molar-refractivity contribution in [1.82, 2.24) is 9.97 Å². The number of anilines is 1. The van der Waals surface area contributed by atoms with Crippen molar-refractivity contribution in [3.05, 3.63) is 17.0 Å². The summed E-state index contributed by atoms with van der Waals surface area (Å²) in [6.45, 7) is 2.06. The predicted octanol–water partition coefficient (Wildman–Crippen LogP) is 2.16. The van der Waals surface area contributed by atoms with Crippen molar-refractivity contribution in [2.45, 2.75) is 38.1 Å². The van der Waals surface area contributed by atoms with Gasteiger partial charge in [0.15, 0.2) is 0 Å². The third kappa shape index (κ3) is 2.28. The Hall–Kier alpha value is -0.870. The van der Waals surface area contributed by atoms with Crippen molar-refractivity contribution in [3.8, 4) is 0 Å². The van der Waals surface area contributed by atoms with E-state index in [9.17, 15) is 5.11 Å². The monoisotopic (exact) mass is 241 g/mol. The molecule has 1 fully saturated rings. The third-order valence-electron chi connectivity index (χ3n) is 3.19. The summed E-state index contributed by atoms with van der Waals surface area (Å²) in [7, 11) is 0. The smallest absolute Gasteiger partial charge is 0.224 e. The molecule has 0 saturated heterocycles. The van der Waals surface area contributed by atoms with Gasteiger partial charge in [0.2, 0.25) is 5.28 Å². The first-order valence-electron chi connectivity index (χ1n) is 5.53. The van der Waals surface area contributed by atoms with E-state index in [2.05, 4.69) is 15.3 Å². The van der Waals surface area contributed by atoms with E-state index in [4.69, 9.17) is 11.6 Å². The molecule has 0 amide bonds. The van der Waals surface area contributed by atoms with Crippen LogP contribution in [0.3, 0.4) is 0 Å². The van der Waals surface area contributed by atoms with E-state index in [-0.39, 0.29) is 17.4 Å². The molecule has 4 nitrogen and oxygen atoms in total. The fraction of sp³-hybridized carbons (Fsp3) is 0.636. The highest BCUT2D eigenvalue weighted by atomic mass is 35.5. The van der Waals surface area contributed by atoms with Gasteiger partial charge in [-0.05, 0) is 31.4 Å². The number of rotatable bonds is 3. The number of hydrogen-bond donors (Lipinski definition) is 2. The summed E-state index contributed by atoms with van der Waals surface area (Å²) in [4.78, 5) is 8.08. The van der Waals surface area contributed by atoms with Crippen LogP contribution in [-0.4, -0.2) is 27.2 Å². The van der Waals surface area contributed by atoms with Crippen LogP contribution < -0.4 is 5.32 Å². The van der Waals surface area contributed by atoms with Crippen LogP contribution in [0.1, 0.15) is 31.2 Å². The topological polar surface area (TPSA) is 58.0 Å². The molecule has 0 aromatic carbocycles. The molecule has 0 radical (unpaired) electrons. The second-order valence-electron chi connectivity index (χ2n) is 4.44. The van der Waals surface area contributed by atoms with E-state index in [1.807, 2.05) is 6.92 Å². The van der Waals surface area contributed by atoms with Crippen LogP contribution in [-0.2, 0) is 0 Å².